The number of aliphatic hydroxyl groups excluding tert-OH is 1. The van der Waals surface area contributed by atoms with Crippen molar-refractivity contribution in [1.82, 2.24) is 0 Å². The molecule has 2 rings (SSSR count). The average Bonchev–Trinajstić information content (AvgIpc) is 2.38. The summed E-state index contributed by atoms with van der Waals surface area (Å²) in [4.78, 5) is 0. The minimum atomic E-state index is -4.33. The zero-order chi connectivity index (χ0) is 14.0. The third kappa shape index (κ3) is 3.45. The Kier molecular flexibility index (Phi) is 4.46. The summed E-state index contributed by atoms with van der Waals surface area (Å²) in [6, 6.07) is 3.59. The molecule has 0 amide bonds. The fraction of sp³-hybridized carbons (Fsp3) is 0.571. The third-order valence-electron chi connectivity index (χ3n) is 3.48. The van der Waals surface area contributed by atoms with Crippen LogP contribution in [0.4, 0.5) is 13.2 Å². The predicted molar refractivity (Wildman–Crippen MR) is 71.2 cm³/mol. The van der Waals surface area contributed by atoms with Gasteiger partial charge in [0.2, 0.25) is 0 Å². The molecule has 0 spiro atoms. The zero-order valence-corrected chi connectivity index (χ0v) is 11.5. The first-order chi connectivity index (χ1) is 8.89. The second-order valence-corrected chi connectivity index (χ2v) is 6.27. The molecule has 1 saturated heterocycles. The highest BCUT2D eigenvalue weighted by atomic mass is 32.2. The average molecular weight is 290 g/mol. The van der Waals surface area contributed by atoms with Crippen LogP contribution in [0, 0.1) is 6.92 Å². The molecule has 1 nitrogen and oxygen atoms in total. The Bertz CT molecular complexity index is 439. The summed E-state index contributed by atoms with van der Waals surface area (Å²) in [5, 5.41) is 10.4. The van der Waals surface area contributed by atoms with E-state index >= 15 is 0 Å². The van der Waals surface area contributed by atoms with Gasteiger partial charge >= 0.3 is 6.18 Å². The molecule has 106 valence electrons. The Morgan fingerprint density at radius 1 is 1.32 bits per heavy atom. The number of thioether (sulfide) groups is 1. The fourth-order valence-electron chi connectivity index (χ4n) is 2.40. The highest BCUT2D eigenvalue weighted by Crippen LogP contribution is 2.37. The molecule has 5 heteroatoms. The van der Waals surface area contributed by atoms with Crippen molar-refractivity contribution in [3.8, 4) is 0 Å². The van der Waals surface area contributed by atoms with Gasteiger partial charge < -0.3 is 5.11 Å². The number of alkyl halides is 3. The lowest BCUT2D eigenvalue weighted by molar-refractivity contribution is -0.137. The number of halogens is 3. The van der Waals surface area contributed by atoms with Gasteiger partial charge in [-0.2, -0.15) is 24.9 Å². The first kappa shape index (κ1) is 14.7. The van der Waals surface area contributed by atoms with E-state index < -0.39 is 17.8 Å². The number of hydrogen-bond donors (Lipinski definition) is 1. The Balaban J connectivity index is 2.20. The molecule has 2 atom stereocenters. The van der Waals surface area contributed by atoms with E-state index in [1.54, 1.807) is 18.7 Å². The van der Waals surface area contributed by atoms with Crippen LogP contribution in [0.3, 0.4) is 0 Å². The van der Waals surface area contributed by atoms with Crippen molar-refractivity contribution in [3.63, 3.8) is 0 Å². The summed E-state index contributed by atoms with van der Waals surface area (Å²) in [6.45, 7) is 1.63. The van der Waals surface area contributed by atoms with Crippen LogP contribution in [0.2, 0.25) is 0 Å². The molecule has 1 aliphatic heterocycles. The third-order valence-corrected chi connectivity index (χ3v) is 4.93. The van der Waals surface area contributed by atoms with E-state index in [2.05, 4.69) is 0 Å². The van der Waals surface area contributed by atoms with E-state index in [-0.39, 0.29) is 5.25 Å². The Morgan fingerprint density at radius 2 is 2.05 bits per heavy atom. The van der Waals surface area contributed by atoms with Crippen LogP contribution in [-0.2, 0) is 6.18 Å². The number of rotatable bonds is 2. The van der Waals surface area contributed by atoms with Crippen LogP contribution in [0.1, 0.15) is 42.1 Å². The quantitative estimate of drug-likeness (QED) is 0.874. The second-order valence-electron chi connectivity index (χ2n) is 4.92. The number of aryl methyl sites for hydroxylation is 1. The molecule has 1 aromatic rings. The van der Waals surface area contributed by atoms with E-state index in [4.69, 9.17) is 0 Å². The standard InChI is InChI=1S/C14H17F3OS/c1-9-8-10(14(15,16)17)5-6-11(9)13(18)12-4-2-3-7-19-12/h5-6,8,12-13,18H,2-4,7H2,1H3. The molecule has 1 fully saturated rings. The molecule has 1 heterocycles. The van der Waals surface area contributed by atoms with Crippen LogP contribution >= 0.6 is 11.8 Å². The normalized spacial score (nSPS) is 22.3. The van der Waals surface area contributed by atoms with Gasteiger partial charge in [-0.1, -0.05) is 12.5 Å². The molecule has 0 aliphatic carbocycles. The molecule has 0 saturated carbocycles. The largest absolute Gasteiger partial charge is 0.416 e. The number of benzene rings is 1. The zero-order valence-electron chi connectivity index (χ0n) is 10.7. The van der Waals surface area contributed by atoms with E-state index in [1.807, 2.05) is 0 Å². The van der Waals surface area contributed by atoms with E-state index in [9.17, 15) is 18.3 Å². The molecule has 0 radical (unpaired) electrons. The highest BCUT2D eigenvalue weighted by molar-refractivity contribution is 7.99. The van der Waals surface area contributed by atoms with Crippen molar-refractivity contribution in [2.75, 3.05) is 5.75 Å². The minimum Gasteiger partial charge on any atom is -0.387 e. The topological polar surface area (TPSA) is 20.2 Å². The van der Waals surface area contributed by atoms with Crippen molar-refractivity contribution >= 4 is 11.8 Å². The number of hydrogen-bond acceptors (Lipinski definition) is 2. The summed E-state index contributed by atoms with van der Waals surface area (Å²) in [7, 11) is 0. The van der Waals surface area contributed by atoms with Gasteiger partial charge in [-0.25, -0.2) is 0 Å². The summed E-state index contributed by atoms with van der Waals surface area (Å²) >= 11 is 1.71. The molecule has 1 aliphatic rings. The molecular weight excluding hydrogens is 273 g/mol. The summed E-state index contributed by atoms with van der Waals surface area (Å²) in [5.41, 5.74) is 0.471. The Morgan fingerprint density at radius 3 is 2.58 bits per heavy atom. The molecule has 0 bridgehead atoms. The van der Waals surface area contributed by atoms with Crippen LogP contribution in [-0.4, -0.2) is 16.1 Å². The van der Waals surface area contributed by atoms with Gasteiger partial charge in [-0.3, -0.25) is 0 Å². The molecule has 1 aromatic carbocycles. The van der Waals surface area contributed by atoms with Gasteiger partial charge in [0.1, 0.15) is 0 Å². The summed E-state index contributed by atoms with van der Waals surface area (Å²) in [6.07, 6.45) is -1.85. The molecule has 0 aromatic heterocycles. The van der Waals surface area contributed by atoms with Gasteiger partial charge in [0, 0.05) is 5.25 Å². The Hall–Kier alpha value is -0.680. The first-order valence-electron chi connectivity index (χ1n) is 6.37. The summed E-state index contributed by atoms with van der Waals surface area (Å²) in [5.74, 6) is 1.02. The van der Waals surface area contributed by atoms with Crippen LogP contribution in [0.15, 0.2) is 18.2 Å². The minimum absolute atomic E-state index is 0.101. The highest BCUT2D eigenvalue weighted by Gasteiger charge is 2.32. The van der Waals surface area contributed by atoms with Gasteiger partial charge in [0.15, 0.2) is 0 Å². The lowest BCUT2D eigenvalue weighted by Crippen LogP contribution is -2.20. The van der Waals surface area contributed by atoms with Crippen molar-refractivity contribution in [3.05, 3.63) is 34.9 Å². The number of aliphatic hydroxyl groups is 1. The molecular formula is C14H17F3OS. The molecule has 19 heavy (non-hydrogen) atoms. The van der Waals surface area contributed by atoms with Gasteiger partial charge in [0.05, 0.1) is 11.7 Å². The van der Waals surface area contributed by atoms with E-state index in [0.717, 1.165) is 37.1 Å². The van der Waals surface area contributed by atoms with Crippen LogP contribution < -0.4 is 0 Å². The molecule has 2 unspecified atom stereocenters. The Labute approximate surface area is 115 Å². The second kappa shape index (κ2) is 5.75. The smallest absolute Gasteiger partial charge is 0.387 e. The van der Waals surface area contributed by atoms with Crippen LogP contribution in [0.5, 0.6) is 0 Å². The SMILES string of the molecule is Cc1cc(C(F)(F)F)ccc1C(O)C1CCCCS1. The first-order valence-corrected chi connectivity index (χ1v) is 7.42. The van der Waals surface area contributed by atoms with Gasteiger partial charge in [-0.15, -0.1) is 0 Å². The molecule has 1 N–H and O–H groups in total. The van der Waals surface area contributed by atoms with E-state index in [1.165, 1.54) is 6.07 Å². The van der Waals surface area contributed by atoms with Gasteiger partial charge in [0.25, 0.3) is 0 Å². The predicted octanol–water partition coefficient (Wildman–Crippen LogP) is 4.33. The summed E-state index contributed by atoms with van der Waals surface area (Å²) < 4.78 is 37.8. The fourth-order valence-corrected chi connectivity index (χ4v) is 3.73. The van der Waals surface area contributed by atoms with Crippen molar-refractivity contribution in [2.24, 2.45) is 0 Å². The van der Waals surface area contributed by atoms with E-state index in [0.29, 0.717) is 11.1 Å². The maximum Gasteiger partial charge on any atom is 0.416 e. The maximum absolute atomic E-state index is 12.6. The maximum atomic E-state index is 12.6. The van der Waals surface area contributed by atoms with Crippen LogP contribution in [0.25, 0.3) is 0 Å². The monoisotopic (exact) mass is 290 g/mol. The van der Waals surface area contributed by atoms with Crippen molar-refractivity contribution in [1.29, 1.82) is 0 Å². The van der Waals surface area contributed by atoms with Gasteiger partial charge in [-0.05, 0) is 48.8 Å². The lowest BCUT2D eigenvalue weighted by Gasteiger charge is -2.27. The lowest BCUT2D eigenvalue weighted by atomic mass is 9.96. The van der Waals surface area contributed by atoms with Crippen molar-refractivity contribution in [2.45, 2.75) is 43.7 Å². The van der Waals surface area contributed by atoms with Crippen molar-refractivity contribution < 1.29 is 18.3 Å².